The van der Waals surface area contributed by atoms with Crippen molar-refractivity contribution in [2.45, 2.75) is 39.2 Å². The molecule has 0 saturated heterocycles. The number of amides is 2. The van der Waals surface area contributed by atoms with E-state index in [1.807, 2.05) is 13.8 Å². The second-order valence-corrected chi connectivity index (χ2v) is 5.51. The molecule has 0 aliphatic rings. The van der Waals surface area contributed by atoms with Gasteiger partial charge in [-0.3, -0.25) is 0 Å². The van der Waals surface area contributed by atoms with Gasteiger partial charge in [0.15, 0.2) is 0 Å². The van der Waals surface area contributed by atoms with E-state index in [0.717, 1.165) is 24.5 Å². The largest absolute Gasteiger partial charge is 0.478 e. The van der Waals surface area contributed by atoms with Gasteiger partial charge in [0.05, 0.1) is 0 Å². The first-order chi connectivity index (χ1) is 9.82. The van der Waals surface area contributed by atoms with Crippen LogP contribution in [-0.4, -0.2) is 22.6 Å². The Morgan fingerprint density at radius 1 is 1.24 bits per heavy atom. The number of aliphatic carboxylic acids is 1. The highest BCUT2D eigenvalue weighted by atomic mass is 16.4. The molecule has 0 bridgehead atoms. The number of carbonyl (C=O) groups is 2. The van der Waals surface area contributed by atoms with Crippen molar-refractivity contribution in [3.63, 3.8) is 0 Å². The Kier molecular flexibility index (Phi) is 5.96. The van der Waals surface area contributed by atoms with E-state index >= 15 is 0 Å². The number of urea groups is 1. The fourth-order valence-electron chi connectivity index (χ4n) is 2.00. The molecule has 0 radical (unpaired) electrons. The molecular formula is C16H22N2O3. The van der Waals surface area contributed by atoms with E-state index in [9.17, 15) is 9.59 Å². The molecule has 0 aliphatic heterocycles. The number of anilines is 1. The highest BCUT2D eigenvalue weighted by Gasteiger charge is 2.18. The number of hydrogen-bond donors (Lipinski definition) is 3. The lowest BCUT2D eigenvalue weighted by Crippen LogP contribution is -2.45. The number of nitrogens with one attached hydrogen (secondary N) is 2. The van der Waals surface area contributed by atoms with Gasteiger partial charge in [0.2, 0.25) is 0 Å². The summed E-state index contributed by atoms with van der Waals surface area (Å²) in [4.78, 5) is 22.3. The van der Waals surface area contributed by atoms with E-state index < -0.39 is 5.97 Å². The van der Waals surface area contributed by atoms with Crippen molar-refractivity contribution < 1.29 is 14.7 Å². The van der Waals surface area contributed by atoms with Gasteiger partial charge in [-0.1, -0.05) is 25.5 Å². The Hall–Kier alpha value is -2.30. The summed E-state index contributed by atoms with van der Waals surface area (Å²) in [6.45, 7) is 6.04. The molecule has 0 fully saturated rings. The smallest absolute Gasteiger partial charge is 0.328 e. The molecule has 2 amide bonds. The van der Waals surface area contributed by atoms with Crippen LogP contribution >= 0.6 is 0 Å². The van der Waals surface area contributed by atoms with Gasteiger partial charge in [-0.05, 0) is 44.0 Å². The maximum atomic E-state index is 11.9. The molecule has 0 aliphatic carbocycles. The summed E-state index contributed by atoms with van der Waals surface area (Å²) in [5.74, 6) is -0.991. The predicted molar refractivity (Wildman–Crippen MR) is 84.3 cm³/mol. The summed E-state index contributed by atoms with van der Waals surface area (Å²) in [5.41, 5.74) is 1.17. The third-order valence-corrected chi connectivity index (χ3v) is 2.91. The number of carbonyl (C=O) groups excluding carboxylic acids is 1. The van der Waals surface area contributed by atoms with Gasteiger partial charge in [0.25, 0.3) is 0 Å². The Labute approximate surface area is 125 Å². The van der Waals surface area contributed by atoms with E-state index in [-0.39, 0.29) is 11.6 Å². The van der Waals surface area contributed by atoms with Crippen LogP contribution in [0.5, 0.6) is 0 Å². The number of carboxylic acids is 1. The zero-order valence-electron chi connectivity index (χ0n) is 12.6. The maximum absolute atomic E-state index is 11.9. The van der Waals surface area contributed by atoms with Crippen LogP contribution in [0.3, 0.4) is 0 Å². The van der Waals surface area contributed by atoms with Crippen molar-refractivity contribution in [2.75, 3.05) is 5.32 Å². The number of rotatable bonds is 6. The van der Waals surface area contributed by atoms with Crippen LogP contribution in [0.2, 0.25) is 0 Å². The second-order valence-electron chi connectivity index (χ2n) is 5.51. The average molecular weight is 290 g/mol. The molecule has 21 heavy (non-hydrogen) atoms. The molecule has 114 valence electrons. The Morgan fingerprint density at radius 3 is 2.38 bits per heavy atom. The molecule has 0 heterocycles. The highest BCUT2D eigenvalue weighted by molar-refractivity contribution is 5.90. The maximum Gasteiger partial charge on any atom is 0.328 e. The summed E-state index contributed by atoms with van der Waals surface area (Å²) >= 11 is 0. The molecule has 5 heteroatoms. The van der Waals surface area contributed by atoms with Crippen LogP contribution in [0.4, 0.5) is 10.5 Å². The SMILES string of the molecule is CCCC(C)(C)NC(=O)Nc1ccc(/C=C/C(=O)O)cc1. The zero-order chi connectivity index (χ0) is 15.9. The normalized spacial score (nSPS) is 11.4. The first-order valence-corrected chi connectivity index (χ1v) is 6.92. The fraction of sp³-hybridized carbons (Fsp3) is 0.375. The van der Waals surface area contributed by atoms with Crippen LogP contribution in [0.1, 0.15) is 39.2 Å². The van der Waals surface area contributed by atoms with Gasteiger partial charge in [0.1, 0.15) is 0 Å². The Morgan fingerprint density at radius 2 is 1.86 bits per heavy atom. The van der Waals surface area contributed by atoms with Crippen molar-refractivity contribution in [3.8, 4) is 0 Å². The van der Waals surface area contributed by atoms with Gasteiger partial charge in [-0.2, -0.15) is 0 Å². The topological polar surface area (TPSA) is 78.4 Å². The minimum absolute atomic E-state index is 0.247. The molecular weight excluding hydrogens is 268 g/mol. The average Bonchev–Trinajstić information content (AvgIpc) is 2.36. The lowest BCUT2D eigenvalue weighted by molar-refractivity contribution is -0.131. The Balaban J connectivity index is 2.59. The minimum atomic E-state index is -0.991. The quantitative estimate of drug-likeness (QED) is 0.702. The first kappa shape index (κ1) is 16.8. The first-order valence-electron chi connectivity index (χ1n) is 6.92. The summed E-state index contributed by atoms with van der Waals surface area (Å²) in [5, 5.41) is 14.2. The van der Waals surface area contributed by atoms with Crippen molar-refractivity contribution in [2.24, 2.45) is 0 Å². The number of benzene rings is 1. The van der Waals surface area contributed by atoms with E-state index in [4.69, 9.17) is 5.11 Å². The summed E-state index contributed by atoms with van der Waals surface area (Å²) < 4.78 is 0. The van der Waals surface area contributed by atoms with Crippen molar-refractivity contribution in [3.05, 3.63) is 35.9 Å². The standard InChI is InChI=1S/C16H22N2O3/c1-4-11-16(2,3)18-15(21)17-13-8-5-12(6-9-13)7-10-14(19)20/h5-10H,4,11H2,1-3H3,(H,19,20)(H2,17,18,21)/b10-7+. The molecule has 0 saturated carbocycles. The lowest BCUT2D eigenvalue weighted by atomic mass is 9.99. The fourth-order valence-corrected chi connectivity index (χ4v) is 2.00. The van der Waals surface area contributed by atoms with Gasteiger partial charge in [0, 0.05) is 17.3 Å². The molecule has 5 nitrogen and oxygen atoms in total. The van der Waals surface area contributed by atoms with Crippen LogP contribution < -0.4 is 10.6 Å². The number of hydrogen-bond acceptors (Lipinski definition) is 2. The third kappa shape index (κ3) is 6.61. The van der Waals surface area contributed by atoms with Crippen LogP contribution in [0.15, 0.2) is 30.3 Å². The number of carboxylic acid groups (broad SMARTS) is 1. The molecule has 0 spiro atoms. The van der Waals surface area contributed by atoms with E-state index in [1.165, 1.54) is 6.08 Å². The van der Waals surface area contributed by atoms with Gasteiger partial charge in [-0.15, -0.1) is 0 Å². The zero-order valence-corrected chi connectivity index (χ0v) is 12.6. The van der Waals surface area contributed by atoms with Gasteiger partial charge >= 0.3 is 12.0 Å². The molecule has 3 N–H and O–H groups in total. The van der Waals surface area contributed by atoms with Crippen molar-refractivity contribution >= 4 is 23.8 Å². The lowest BCUT2D eigenvalue weighted by Gasteiger charge is -2.25. The van der Waals surface area contributed by atoms with Crippen LogP contribution in [-0.2, 0) is 4.79 Å². The molecule has 1 aromatic carbocycles. The van der Waals surface area contributed by atoms with E-state index in [0.29, 0.717) is 5.69 Å². The molecule has 0 aromatic heterocycles. The molecule has 1 rings (SSSR count). The van der Waals surface area contributed by atoms with Gasteiger partial charge < -0.3 is 15.7 Å². The summed E-state index contributed by atoms with van der Waals surface area (Å²) in [7, 11) is 0. The monoisotopic (exact) mass is 290 g/mol. The van der Waals surface area contributed by atoms with Crippen molar-refractivity contribution in [1.82, 2.24) is 5.32 Å². The van der Waals surface area contributed by atoms with E-state index in [1.54, 1.807) is 24.3 Å². The van der Waals surface area contributed by atoms with Crippen LogP contribution in [0, 0.1) is 0 Å². The summed E-state index contributed by atoms with van der Waals surface area (Å²) in [6.07, 6.45) is 4.47. The van der Waals surface area contributed by atoms with Gasteiger partial charge in [-0.25, -0.2) is 9.59 Å². The molecule has 0 atom stereocenters. The van der Waals surface area contributed by atoms with E-state index in [2.05, 4.69) is 17.6 Å². The highest BCUT2D eigenvalue weighted by Crippen LogP contribution is 2.13. The third-order valence-electron chi connectivity index (χ3n) is 2.91. The minimum Gasteiger partial charge on any atom is -0.478 e. The summed E-state index contributed by atoms with van der Waals surface area (Å²) in [6, 6.07) is 6.70. The predicted octanol–water partition coefficient (Wildman–Crippen LogP) is 3.48. The van der Waals surface area contributed by atoms with Crippen molar-refractivity contribution in [1.29, 1.82) is 0 Å². The Bertz CT molecular complexity index is 519. The van der Waals surface area contributed by atoms with Crippen LogP contribution in [0.25, 0.3) is 6.08 Å². The second kappa shape index (κ2) is 7.47. The molecule has 0 unspecified atom stereocenters. The molecule has 1 aromatic rings.